The molecule has 1 aromatic carbocycles. The first-order valence-corrected chi connectivity index (χ1v) is 7.70. The molecule has 1 aliphatic rings. The van der Waals surface area contributed by atoms with Crippen molar-refractivity contribution in [2.45, 2.75) is 45.7 Å². The lowest BCUT2D eigenvalue weighted by molar-refractivity contribution is -0.149. The largest absolute Gasteiger partial charge is 0.466 e. The average Bonchev–Trinajstić information content (AvgIpc) is 2.95. The molecule has 3 nitrogen and oxygen atoms in total. The summed E-state index contributed by atoms with van der Waals surface area (Å²) in [7, 11) is 0. The Balaban J connectivity index is 2.04. The lowest BCUT2D eigenvalue weighted by atomic mass is 10.0. The van der Waals surface area contributed by atoms with Crippen molar-refractivity contribution >= 4 is 5.97 Å². The second-order valence-corrected chi connectivity index (χ2v) is 5.41. The number of hydrogen-bond donors (Lipinski definition) is 0. The van der Waals surface area contributed by atoms with Gasteiger partial charge in [-0.3, -0.25) is 9.69 Å². The number of esters is 1. The molecule has 0 radical (unpaired) electrons. The fraction of sp³-hybridized carbons (Fsp3) is 0.588. The van der Waals surface area contributed by atoms with Crippen LogP contribution in [0.15, 0.2) is 30.3 Å². The molecule has 1 aliphatic carbocycles. The fourth-order valence-electron chi connectivity index (χ4n) is 3.18. The third-order valence-corrected chi connectivity index (χ3v) is 4.17. The van der Waals surface area contributed by atoms with Crippen LogP contribution in [0.5, 0.6) is 0 Å². The zero-order chi connectivity index (χ0) is 14.4. The van der Waals surface area contributed by atoms with Crippen LogP contribution in [0.1, 0.15) is 38.7 Å². The first-order valence-electron chi connectivity index (χ1n) is 7.70. The molecule has 2 atom stereocenters. The lowest BCUT2D eigenvalue weighted by Crippen LogP contribution is -2.40. The van der Waals surface area contributed by atoms with Crippen LogP contribution >= 0.6 is 0 Å². The standard InChI is InChI=1S/C17H25NO2/c1-3-18(13-14-9-6-5-7-10-14)16-12-8-11-15(16)17(19)20-4-2/h5-7,9-10,15-16H,3-4,8,11-13H2,1-2H3/t15-,16+/m1/s1. The molecule has 0 aromatic heterocycles. The Hall–Kier alpha value is -1.35. The molecule has 1 aromatic rings. The Morgan fingerprint density at radius 1 is 1.25 bits per heavy atom. The van der Waals surface area contributed by atoms with Gasteiger partial charge in [-0.05, 0) is 31.9 Å². The molecule has 0 spiro atoms. The highest BCUT2D eigenvalue weighted by atomic mass is 16.5. The van der Waals surface area contributed by atoms with Crippen molar-refractivity contribution in [3.8, 4) is 0 Å². The molecule has 0 N–H and O–H groups in total. The Labute approximate surface area is 121 Å². The number of benzene rings is 1. The van der Waals surface area contributed by atoms with Gasteiger partial charge in [0.05, 0.1) is 12.5 Å². The van der Waals surface area contributed by atoms with Crippen LogP contribution in [0.3, 0.4) is 0 Å². The maximum absolute atomic E-state index is 12.1. The number of hydrogen-bond acceptors (Lipinski definition) is 3. The summed E-state index contributed by atoms with van der Waals surface area (Å²) in [5.74, 6) is 0.0418. The highest BCUT2D eigenvalue weighted by molar-refractivity contribution is 5.73. The minimum absolute atomic E-state index is 0.0125. The van der Waals surface area contributed by atoms with Crippen molar-refractivity contribution in [3.63, 3.8) is 0 Å². The van der Waals surface area contributed by atoms with E-state index in [1.54, 1.807) is 0 Å². The second-order valence-electron chi connectivity index (χ2n) is 5.41. The van der Waals surface area contributed by atoms with Gasteiger partial charge in [0.1, 0.15) is 0 Å². The van der Waals surface area contributed by atoms with Crippen LogP contribution in [0.25, 0.3) is 0 Å². The molecule has 0 aliphatic heterocycles. The highest BCUT2D eigenvalue weighted by Crippen LogP contribution is 2.31. The third kappa shape index (κ3) is 3.60. The Bertz CT molecular complexity index is 418. The third-order valence-electron chi connectivity index (χ3n) is 4.17. The quantitative estimate of drug-likeness (QED) is 0.746. The summed E-state index contributed by atoms with van der Waals surface area (Å²) in [6, 6.07) is 10.8. The van der Waals surface area contributed by atoms with Crippen LogP contribution in [0, 0.1) is 5.92 Å². The van der Waals surface area contributed by atoms with E-state index < -0.39 is 0 Å². The summed E-state index contributed by atoms with van der Waals surface area (Å²) < 4.78 is 5.24. The monoisotopic (exact) mass is 275 g/mol. The summed E-state index contributed by atoms with van der Waals surface area (Å²) in [6.07, 6.45) is 3.19. The van der Waals surface area contributed by atoms with Crippen LogP contribution in [-0.4, -0.2) is 30.1 Å². The number of ether oxygens (including phenoxy) is 1. The van der Waals surface area contributed by atoms with Gasteiger partial charge < -0.3 is 4.74 Å². The van der Waals surface area contributed by atoms with Gasteiger partial charge in [-0.1, -0.05) is 43.7 Å². The van der Waals surface area contributed by atoms with Crippen LogP contribution in [0.2, 0.25) is 0 Å². The summed E-state index contributed by atoms with van der Waals surface area (Å²) in [5, 5.41) is 0. The molecule has 3 heteroatoms. The summed E-state index contributed by atoms with van der Waals surface area (Å²) >= 11 is 0. The van der Waals surface area contributed by atoms with E-state index in [0.29, 0.717) is 12.6 Å². The number of carbonyl (C=O) groups is 1. The van der Waals surface area contributed by atoms with E-state index in [0.717, 1.165) is 32.4 Å². The molecule has 20 heavy (non-hydrogen) atoms. The van der Waals surface area contributed by atoms with Crippen molar-refractivity contribution in [3.05, 3.63) is 35.9 Å². The fourth-order valence-corrected chi connectivity index (χ4v) is 3.18. The highest BCUT2D eigenvalue weighted by Gasteiger charge is 2.37. The van der Waals surface area contributed by atoms with E-state index in [1.165, 1.54) is 5.56 Å². The van der Waals surface area contributed by atoms with E-state index >= 15 is 0 Å². The van der Waals surface area contributed by atoms with E-state index in [4.69, 9.17) is 4.74 Å². The van der Waals surface area contributed by atoms with Crippen LogP contribution < -0.4 is 0 Å². The predicted molar refractivity (Wildman–Crippen MR) is 80.3 cm³/mol. The summed E-state index contributed by atoms with van der Waals surface area (Å²) in [6.45, 7) is 6.41. The van der Waals surface area contributed by atoms with Crippen molar-refractivity contribution in [2.75, 3.05) is 13.2 Å². The van der Waals surface area contributed by atoms with Crippen LogP contribution in [0.4, 0.5) is 0 Å². The van der Waals surface area contributed by atoms with Gasteiger partial charge in [0.15, 0.2) is 0 Å². The van der Waals surface area contributed by atoms with Crippen molar-refractivity contribution < 1.29 is 9.53 Å². The molecule has 110 valence electrons. The summed E-state index contributed by atoms with van der Waals surface area (Å²) in [5.41, 5.74) is 1.31. The molecule has 2 rings (SSSR count). The molecule has 1 fully saturated rings. The minimum Gasteiger partial charge on any atom is -0.466 e. The molecule has 0 heterocycles. The second kappa shape index (κ2) is 7.44. The lowest BCUT2D eigenvalue weighted by Gasteiger charge is -2.31. The molecule has 0 unspecified atom stereocenters. The number of nitrogens with zero attached hydrogens (tertiary/aromatic N) is 1. The zero-order valence-electron chi connectivity index (χ0n) is 12.5. The van der Waals surface area contributed by atoms with Gasteiger partial charge in [0, 0.05) is 12.6 Å². The zero-order valence-corrected chi connectivity index (χ0v) is 12.5. The van der Waals surface area contributed by atoms with E-state index in [9.17, 15) is 4.79 Å². The molecular formula is C17H25NO2. The maximum Gasteiger partial charge on any atom is 0.310 e. The molecule has 0 saturated heterocycles. The van der Waals surface area contributed by atoms with E-state index in [1.807, 2.05) is 13.0 Å². The van der Waals surface area contributed by atoms with Gasteiger partial charge in [-0.15, -0.1) is 0 Å². The van der Waals surface area contributed by atoms with Gasteiger partial charge >= 0.3 is 5.97 Å². The SMILES string of the molecule is CCOC(=O)[C@@H]1CCC[C@@H]1N(CC)Cc1ccccc1. The topological polar surface area (TPSA) is 29.5 Å². The summed E-state index contributed by atoms with van der Waals surface area (Å²) in [4.78, 5) is 14.5. The molecule has 0 bridgehead atoms. The van der Waals surface area contributed by atoms with Gasteiger partial charge in [-0.25, -0.2) is 0 Å². The van der Waals surface area contributed by atoms with Crippen LogP contribution in [-0.2, 0) is 16.1 Å². The Morgan fingerprint density at radius 3 is 2.65 bits per heavy atom. The van der Waals surface area contributed by atoms with Crippen molar-refractivity contribution in [2.24, 2.45) is 5.92 Å². The van der Waals surface area contributed by atoms with Crippen molar-refractivity contribution in [1.29, 1.82) is 0 Å². The smallest absolute Gasteiger partial charge is 0.310 e. The van der Waals surface area contributed by atoms with E-state index in [2.05, 4.69) is 36.1 Å². The van der Waals surface area contributed by atoms with Gasteiger partial charge in [-0.2, -0.15) is 0 Å². The minimum atomic E-state index is -0.0125. The predicted octanol–water partition coefficient (Wildman–Crippen LogP) is 3.24. The normalized spacial score (nSPS) is 22.1. The molecular weight excluding hydrogens is 250 g/mol. The first-order chi connectivity index (χ1) is 9.76. The van der Waals surface area contributed by atoms with Gasteiger partial charge in [0.2, 0.25) is 0 Å². The Morgan fingerprint density at radius 2 is 2.00 bits per heavy atom. The average molecular weight is 275 g/mol. The Kier molecular flexibility index (Phi) is 5.60. The van der Waals surface area contributed by atoms with Crippen molar-refractivity contribution in [1.82, 2.24) is 4.90 Å². The molecule has 1 saturated carbocycles. The maximum atomic E-state index is 12.1. The van der Waals surface area contributed by atoms with E-state index in [-0.39, 0.29) is 11.9 Å². The molecule has 0 amide bonds. The first kappa shape index (κ1) is 15.0. The number of carbonyl (C=O) groups excluding carboxylic acids is 1. The van der Waals surface area contributed by atoms with Gasteiger partial charge in [0.25, 0.3) is 0 Å². The number of rotatable bonds is 6.